The Kier molecular flexibility index (Phi) is 7.30. The first-order valence-electron chi connectivity index (χ1n) is 14.7. The SMILES string of the molecule is CC[C@H]1CN([C@@H](c2ccc(S(F)(F)(F)(F)F)cc2)c2nc(C3CC3)cs2)[C@H](CC)CN1c1nc(=O)n(C)c2ccc(C#N)nc12. The topological polar surface area (TPSA) is 90.9 Å². The first-order valence-corrected chi connectivity index (χ1v) is 17.5. The van der Waals surface area contributed by atoms with E-state index in [0.29, 0.717) is 71.4 Å². The van der Waals surface area contributed by atoms with Crippen LogP contribution in [0.5, 0.6) is 0 Å². The van der Waals surface area contributed by atoms with Crippen LogP contribution in [0.3, 0.4) is 0 Å². The first kappa shape index (κ1) is 31.4. The van der Waals surface area contributed by atoms with Gasteiger partial charge in [-0.05, 0) is 55.5 Å². The Hall–Kier alpha value is -3.61. The third kappa shape index (κ3) is 6.03. The highest BCUT2D eigenvalue weighted by Gasteiger charge is 2.65. The van der Waals surface area contributed by atoms with E-state index in [9.17, 15) is 29.5 Å². The van der Waals surface area contributed by atoms with Crippen LogP contribution in [-0.4, -0.2) is 49.6 Å². The fraction of sp³-hybridized carbons (Fsp3) is 0.433. The van der Waals surface area contributed by atoms with Crippen molar-refractivity contribution in [3.8, 4) is 6.07 Å². The quantitative estimate of drug-likeness (QED) is 0.179. The highest BCUT2D eigenvalue weighted by atomic mass is 32.5. The van der Waals surface area contributed by atoms with Crippen molar-refractivity contribution in [1.82, 2.24) is 24.4 Å². The minimum atomic E-state index is -9.85. The lowest BCUT2D eigenvalue weighted by Gasteiger charge is -2.49. The molecule has 0 amide bonds. The van der Waals surface area contributed by atoms with Crippen LogP contribution in [0.25, 0.3) is 11.0 Å². The number of thiazole rings is 1. The highest BCUT2D eigenvalue weighted by Crippen LogP contribution is 3.02. The molecule has 1 aliphatic carbocycles. The molecule has 0 radical (unpaired) electrons. The zero-order chi connectivity index (χ0) is 32.4. The molecule has 0 N–H and O–H groups in total. The molecule has 8 nitrogen and oxygen atoms in total. The molecule has 2 fully saturated rings. The molecule has 4 heterocycles. The van der Waals surface area contributed by atoms with Crippen LogP contribution in [0.2, 0.25) is 0 Å². The van der Waals surface area contributed by atoms with Crippen LogP contribution in [0.1, 0.15) is 73.4 Å². The van der Waals surface area contributed by atoms with E-state index in [1.807, 2.05) is 30.2 Å². The molecule has 4 aromatic rings. The number of nitrogens with zero attached hydrogens (tertiary/aromatic N) is 7. The zero-order valence-corrected chi connectivity index (χ0v) is 26.5. The number of halogens is 5. The molecule has 2 aliphatic rings. The van der Waals surface area contributed by atoms with Gasteiger partial charge in [0.15, 0.2) is 5.82 Å². The molecule has 0 bridgehead atoms. The predicted octanol–water partition coefficient (Wildman–Crippen LogP) is 7.66. The summed E-state index contributed by atoms with van der Waals surface area (Å²) in [6.07, 6.45) is 3.32. The van der Waals surface area contributed by atoms with Crippen LogP contribution in [0.15, 0.2) is 51.5 Å². The number of piperazine rings is 1. The Morgan fingerprint density at radius 3 is 2.27 bits per heavy atom. The maximum Gasteiger partial charge on any atom is 0.349 e. The summed E-state index contributed by atoms with van der Waals surface area (Å²) in [6.45, 7) is 4.82. The van der Waals surface area contributed by atoms with E-state index in [2.05, 4.69) is 14.9 Å². The van der Waals surface area contributed by atoms with E-state index >= 15 is 0 Å². The van der Waals surface area contributed by atoms with Crippen molar-refractivity contribution < 1.29 is 19.4 Å². The van der Waals surface area contributed by atoms with Gasteiger partial charge in [-0.2, -0.15) is 10.2 Å². The largest absolute Gasteiger partial charge is 0.349 e. The molecule has 0 spiro atoms. The molecule has 3 aromatic heterocycles. The number of rotatable bonds is 8. The van der Waals surface area contributed by atoms with E-state index in [4.69, 9.17) is 4.98 Å². The van der Waals surface area contributed by atoms with Crippen LogP contribution in [0.4, 0.5) is 25.2 Å². The second-order valence-corrected chi connectivity index (χ2v) is 15.1. The van der Waals surface area contributed by atoms with Crippen molar-refractivity contribution in [2.75, 3.05) is 18.0 Å². The highest BCUT2D eigenvalue weighted by molar-refractivity contribution is 8.45. The summed E-state index contributed by atoms with van der Waals surface area (Å²) in [6, 6.07) is 7.54. The predicted molar refractivity (Wildman–Crippen MR) is 165 cm³/mol. The molecule has 1 aliphatic heterocycles. The second kappa shape index (κ2) is 10.5. The second-order valence-electron chi connectivity index (χ2n) is 11.8. The van der Waals surface area contributed by atoms with E-state index < -0.39 is 26.9 Å². The van der Waals surface area contributed by atoms with Crippen LogP contribution in [-0.2, 0) is 7.05 Å². The van der Waals surface area contributed by atoms with Gasteiger partial charge in [0.25, 0.3) is 0 Å². The number of hydrogen-bond donors (Lipinski definition) is 0. The minimum absolute atomic E-state index is 0.179. The number of anilines is 1. The average Bonchev–Trinajstić information content (AvgIpc) is 3.75. The number of aromatic nitrogens is 4. The number of benzene rings is 1. The van der Waals surface area contributed by atoms with Crippen molar-refractivity contribution in [3.63, 3.8) is 0 Å². The summed E-state index contributed by atoms with van der Waals surface area (Å²) in [5.74, 6) is 0.733. The fourth-order valence-corrected chi connectivity index (χ4v) is 7.80. The molecule has 240 valence electrons. The van der Waals surface area contributed by atoms with Crippen molar-refractivity contribution in [2.24, 2.45) is 7.05 Å². The number of hydrogen-bond acceptors (Lipinski definition) is 8. The Bertz CT molecular complexity index is 1870. The zero-order valence-electron chi connectivity index (χ0n) is 24.8. The molecular weight excluding hydrogens is 634 g/mol. The maximum atomic E-state index is 13.6. The molecule has 0 unspecified atom stereocenters. The van der Waals surface area contributed by atoms with Gasteiger partial charge in [-0.15, -0.1) is 11.3 Å². The van der Waals surface area contributed by atoms with Gasteiger partial charge in [-0.3, -0.25) is 9.47 Å². The lowest BCUT2D eigenvalue weighted by atomic mass is 9.96. The summed E-state index contributed by atoms with van der Waals surface area (Å²) < 4.78 is 69.4. The Morgan fingerprint density at radius 1 is 0.978 bits per heavy atom. The Labute approximate surface area is 260 Å². The van der Waals surface area contributed by atoms with E-state index in [1.54, 1.807) is 19.2 Å². The summed E-state index contributed by atoms with van der Waals surface area (Å²) in [5, 5.41) is 12.2. The van der Waals surface area contributed by atoms with Gasteiger partial charge in [0.1, 0.15) is 27.2 Å². The smallest absolute Gasteiger partial charge is 0.349 e. The molecule has 45 heavy (non-hydrogen) atoms. The monoisotopic (exact) mass is 665 g/mol. The van der Waals surface area contributed by atoms with Crippen molar-refractivity contribution in [1.29, 1.82) is 5.26 Å². The molecule has 1 saturated heterocycles. The summed E-state index contributed by atoms with van der Waals surface area (Å²) in [5.41, 5.74) is 2.07. The lowest BCUT2D eigenvalue weighted by molar-refractivity contribution is 0.110. The number of aryl methyl sites for hydroxylation is 1. The molecule has 15 heteroatoms. The number of fused-ring (bicyclic) bond motifs is 1. The van der Waals surface area contributed by atoms with Gasteiger partial charge in [-0.25, -0.2) is 14.8 Å². The molecular formula is C30H32F5N7OS2. The van der Waals surface area contributed by atoms with E-state index in [0.717, 1.165) is 30.7 Å². The van der Waals surface area contributed by atoms with Gasteiger partial charge >= 0.3 is 15.9 Å². The molecule has 1 saturated carbocycles. The van der Waals surface area contributed by atoms with Gasteiger partial charge in [0.05, 0.1) is 17.3 Å². The average molecular weight is 666 g/mol. The molecule has 6 rings (SSSR count). The van der Waals surface area contributed by atoms with Crippen molar-refractivity contribution in [2.45, 2.75) is 68.5 Å². The van der Waals surface area contributed by atoms with Crippen LogP contribution in [0, 0.1) is 11.3 Å². The van der Waals surface area contributed by atoms with Crippen LogP contribution < -0.4 is 10.6 Å². The minimum Gasteiger partial charge on any atom is -0.349 e. The normalized spacial score (nSPS) is 21.7. The van der Waals surface area contributed by atoms with E-state index in [-0.39, 0.29) is 17.8 Å². The Morgan fingerprint density at radius 2 is 1.67 bits per heavy atom. The summed E-state index contributed by atoms with van der Waals surface area (Å²) >= 11 is 1.42. The van der Waals surface area contributed by atoms with Crippen molar-refractivity contribution >= 4 is 38.4 Å². The fourth-order valence-electron chi connectivity index (χ4n) is 6.11. The maximum absolute atomic E-state index is 13.6. The lowest BCUT2D eigenvalue weighted by Crippen LogP contribution is -2.59. The molecule has 1 aromatic carbocycles. The van der Waals surface area contributed by atoms with Crippen LogP contribution >= 0.6 is 21.6 Å². The summed E-state index contributed by atoms with van der Waals surface area (Å²) in [4.78, 5) is 29.0. The third-order valence-electron chi connectivity index (χ3n) is 8.75. The van der Waals surface area contributed by atoms with Gasteiger partial charge in [0.2, 0.25) is 0 Å². The standard InChI is InChI=1S/C30H32F5N7OS2/c1-4-21-16-42(28-26-25(40(3)30(43)39-28)13-10-20(14-36)37-26)22(5-2)15-41(21)27(29-38-24(17-44-29)18-6-7-18)19-8-11-23(12-9-19)45(31,32,33,34)35/h8-13,17-18,21-22,27H,4-7,15-16H2,1-3H3/t21-,22+,27+/m1/s1. The molecule has 3 atom stereocenters. The van der Waals surface area contributed by atoms with Gasteiger partial charge < -0.3 is 4.90 Å². The summed E-state index contributed by atoms with van der Waals surface area (Å²) in [7, 11) is -8.26. The van der Waals surface area contributed by atoms with Crippen molar-refractivity contribution in [3.05, 3.63) is 74.2 Å². The Balaban J connectivity index is 1.43. The number of nitriles is 1. The van der Waals surface area contributed by atoms with Gasteiger partial charge in [0, 0.05) is 43.5 Å². The van der Waals surface area contributed by atoms with Gasteiger partial charge in [-0.1, -0.05) is 45.4 Å². The van der Waals surface area contributed by atoms with E-state index in [1.165, 1.54) is 15.9 Å². The first-order chi connectivity index (χ1) is 21.1. The third-order valence-corrected chi connectivity index (χ3v) is 10.8. The number of pyridine rings is 1.